The largest absolute Gasteiger partial charge is 0.322 e. The highest BCUT2D eigenvalue weighted by Gasteiger charge is 2.40. The monoisotopic (exact) mass is 322 g/mol. The van der Waals surface area contributed by atoms with Crippen molar-refractivity contribution in [3.05, 3.63) is 28.5 Å². The Labute approximate surface area is 113 Å². The number of nitrogens with one attached hydrogen (secondary N) is 1. The summed E-state index contributed by atoms with van der Waals surface area (Å²) in [5, 5.41) is 2.52. The summed E-state index contributed by atoms with van der Waals surface area (Å²) in [6.07, 6.45) is 2.28. The zero-order chi connectivity index (χ0) is 11.8. The zero-order valence-electron chi connectivity index (χ0n) is 9.00. The number of carbonyl (C=O) groups is 1. The number of nitrogens with two attached hydrogens (primary N) is 1. The van der Waals surface area contributed by atoms with Crippen LogP contribution in [0, 0.1) is 5.82 Å². The maximum Gasteiger partial charge on any atom is 0.244 e. The maximum atomic E-state index is 13.4. The van der Waals surface area contributed by atoms with Gasteiger partial charge in [-0.3, -0.25) is 4.79 Å². The molecule has 0 radical (unpaired) electrons. The standard InChI is InChI=1S/C11H12BrFN2O.ClH/c12-7-2-3-9(8(13)6-7)15-10(16)11(14)4-1-5-11;/h2-3,6H,1,4-5,14H2,(H,15,16);1H. The highest BCUT2D eigenvalue weighted by atomic mass is 79.9. The van der Waals surface area contributed by atoms with E-state index in [4.69, 9.17) is 5.73 Å². The minimum Gasteiger partial charge on any atom is -0.322 e. The van der Waals surface area contributed by atoms with E-state index in [1.54, 1.807) is 6.07 Å². The van der Waals surface area contributed by atoms with Crippen molar-refractivity contribution in [3.8, 4) is 0 Å². The Kier molecular flexibility index (Phi) is 4.52. The van der Waals surface area contributed by atoms with Crippen molar-refractivity contribution in [2.75, 3.05) is 5.32 Å². The van der Waals surface area contributed by atoms with Crippen LogP contribution >= 0.6 is 28.3 Å². The molecule has 0 aromatic heterocycles. The summed E-state index contributed by atoms with van der Waals surface area (Å²) >= 11 is 3.15. The highest BCUT2D eigenvalue weighted by molar-refractivity contribution is 9.10. The van der Waals surface area contributed by atoms with Gasteiger partial charge in [0.1, 0.15) is 5.82 Å². The second kappa shape index (κ2) is 5.33. The predicted octanol–water partition coefficient (Wildman–Crippen LogP) is 2.83. The number of hydrogen-bond donors (Lipinski definition) is 2. The van der Waals surface area contributed by atoms with Gasteiger partial charge in [0.05, 0.1) is 11.2 Å². The van der Waals surface area contributed by atoms with Crippen LogP contribution in [0.5, 0.6) is 0 Å². The van der Waals surface area contributed by atoms with Crippen LogP contribution in [-0.4, -0.2) is 11.4 Å². The van der Waals surface area contributed by atoms with E-state index in [1.165, 1.54) is 12.1 Å². The van der Waals surface area contributed by atoms with Crippen molar-refractivity contribution in [2.45, 2.75) is 24.8 Å². The third-order valence-electron chi connectivity index (χ3n) is 2.88. The van der Waals surface area contributed by atoms with Gasteiger partial charge in [0.25, 0.3) is 0 Å². The molecule has 0 spiro atoms. The number of amides is 1. The first kappa shape index (κ1) is 14.4. The molecular formula is C11H13BrClFN2O. The summed E-state index contributed by atoms with van der Waals surface area (Å²) in [6.45, 7) is 0. The molecule has 0 heterocycles. The average Bonchev–Trinajstić information content (AvgIpc) is 2.18. The van der Waals surface area contributed by atoms with Crippen LogP contribution in [-0.2, 0) is 4.79 Å². The first-order valence-electron chi connectivity index (χ1n) is 5.07. The molecule has 1 amide bonds. The number of halogens is 3. The van der Waals surface area contributed by atoms with Crippen LogP contribution in [0.4, 0.5) is 10.1 Å². The van der Waals surface area contributed by atoms with Gasteiger partial charge in [0.15, 0.2) is 0 Å². The van der Waals surface area contributed by atoms with Gasteiger partial charge in [0.2, 0.25) is 5.91 Å². The summed E-state index contributed by atoms with van der Waals surface area (Å²) in [7, 11) is 0. The molecule has 3 nitrogen and oxygen atoms in total. The summed E-state index contributed by atoms with van der Waals surface area (Å²) in [5.41, 5.74) is 5.20. The lowest BCUT2D eigenvalue weighted by Gasteiger charge is -2.36. The SMILES string of the molecule is Cl.NC1(C(=O)Nc2ccc(Br)cc2F)CCC1. The van der Waals surface area contributed by atoms with Crippen LogP contribution in [0.1, 0.15) is 19.3 Å². The van der Waals surface area contributed by atoms with E-state index < -0.39 is 11.4 Å². The minimum absolute atomic E-state index is 0. The lowest BCUT2D eigenvalue weighted by molar-refractivity contribution is -0.123. The fraction of sp³-hybridized carbons (Fsp3) is 0.364. The van der Waals surface area contributed by atoms with E-state index in [2.05, 4.69) is 21.2 Å². The first-order chi connectivity index (χ1) is 7.51. The molecule has 6 heteroatoms. The molecule has 1 aromatic carbocycles. The predicted molar refractivity (Wildman–Crippen MR) is 70.7 cm³/mol. The average molecular weight is 324 g/mol. The molecule has 2 rings (SSSR count). The molecule has 1 aromatic rings. The lowest BCUT2D eigenvalue weighted by Crippen LogP contribution is -2.56. The Morgan fingerprint density at radius 1 is 1.47 bits per heavy atom. The highest BCUT2D eigenvalue weighted by Crippen LogP contribution is 2.30. The van der Waals surface area contributed by atoms with Crippen LogP contribution in [0.15, 0.2) is 22.7 Å². The molecule has 3 N–H and O–H groups in total. The molecule has 94 valence electrons. The van der Waals surface area contributed by atoms with E-state index in [9.17, 15) is 9.18 Å². The Hall–Kier alpha value is -0.650. The smallest absolute Gasteiger partial charge is 0.244 e. The number of rotatable bonds is 2. The molecule has 0 saturated heterocycles. The third-order valence-corrected chi connectivity index (χ3v) is 3.37. The van der Waals surface area contributed by atoms with Crippen molar-refractivity contribution in [1.29, 1.82) is 0 Å². The zero-order valence-corrected chi connectivity index (χ0v) is 11.4. The summed E-state index contributed by atoms with van der Waals surface area (Å²) in [4.78, 5) is 11.7. The van der Waals surface area contributed by atoms with Gasteiger partial charge in [0, 0.05) is 4.47 Å². The molecule has 1 aliphatic carbocycles. The van der Waals surface area contributed by atoms with Crippen LogP contribution in [0.2, 0.25) is 0 Å². The number of anilines is 1. The van der Waals surface area contributed by atoms with Crippen LogP contribution < -0.4 is 11.1 Å². The Morgan fingerprint density at radius 3 is 2.59 bits per heavy atom. The van der Waals surface area contributed by atoms with E-state index in [1.807, 2.05) is 0 Å². The van der Waals surface area contributed by atoms with E-state index in [0.717, 1.165) is 6.42 Å². The summed E-state index contributed by atoms with van der Waals surface area (Å²) in [6, 6.07) is 4.49. The fourth-order valence-electron chi connectivity index (χ4n) is 1.62. The Morgan fingerprint density at radius 2 is 2.12 bits per heavy atom. The maximum absolute atomic E-state index is 13.4. The van der Waals surface area contributed by atoms with Gasteiger partial charge in [-0.15, -0.1) is 12.4 Å². The molecule has 0 bridgehead atoms. The second-order valence-corrected chi connectivity index (χ2v) is 5.00. The van der Waals surface area contributed by atoms with Gasteiger partial charge in [-0.25, -0.2) is 4.39 Å². The molecule has 17 heavy (non-hydrogen) atoms. The Bertz CT molecular complexity index is 437. The molecule has 1 aliphatic rings. The van der Waals surface area contributed by atoms with Crippen molar-refractivity contribution >= 4 is 39.9 Å². The van der Waals surface area contributed by atoms with E-state index in [-0.39, 0.29) is 24.0 Å². The van der Waals surface area contributed by atoms with Crippen LogP contribution in [0.3, 0.4) is 0 Å². The Balaban J connectivity index is 0.00000144. The third kappa shape index (κ3) is 2.97. The van der Waals surface area contributed by atoms with Crippen molar-refractivity contribution in [1.82, 2.24) is 0 Å². The molecule has 0 aliphatic heterocycles. The van der Waals surface area contributed by atoms with Crippen LogP contribution in [0.25, 0.3) is 0 Å². The number of benzene rings is 1. The quantitative estimate of drug-likeness (QED) is 0.879. The van der Waals surface area contributed by atoms with E-state index in [0.29, 0.717) is 17.3 Å². The lowest BCUT2D eigenvalue weighted by atomic mass is 9.77. The number of carbonyl (C=O) groups excluding carboxylic acids is 1. The molecule has 0 unspecified atom stereocenters. The van der Waals surface area contributed by atoms with Gasteiger partial charge in [-0.2, -0.15) is 0 Å². The first-order valence-corrected chi connectivity index (χ1v) is 5.86. The molecule has 1 saturated carbocycles. The number of hydrogen-bond acceptors (Lipinski definition) is 2. The molecule has 0 atom stereocenters. The topological polar surface area (TPSA) is 55.1 Å². The van der Waals surface area contributed by atoms with Crippen molar-refractivity contribution in [3.63, 3.8) is 0 Å². The van der Waals surface area contributed by atoms with Gasteiger partial charge in [-0.1, -0.05) is 15.9 Å². The molecule has 1 fully saturated rings. The second-order valence-electron chi connectivity index (χ2n) is 4.09. The fourth-order valence-corrected chi connectivity index (χ4v) is 1.96. The van der Waals surface area contributed by atoms with E-state index >= 15 is 0 Å². The molecular weight excluding hydrogens is 310 g/mol. The summed E-state index contributed by atoms with van der Waals surface area (Å²) < 4.78 is 14.1. The van der Waals surface area contributed by atoms with Gasteiger partial charge in [-0.05, 0) is 37.5 Å². The minimum atomic E-state index is -0.806. The van der Waals surface area contributed by atoms with Gasteiger partial charge >= 0.3 is 0 Å². The van der Waals surface area contributed by atoms with Crippen molar-refractivity contribution < 1.29 is 9.18 Å². The summed E-state index contributed by atoms with van der Waals surface area (Å²) in [5.74, 6) is -0.773. The van der Waals surface area contributed by atoms with Gasteiger partial charge < -0.3 is 11.1 Å². The van der Waals surface area contributed by atoms with Crippen molar-refractivity contribution in [2.24, 2.45) is 5.73 Å². The normalized spacial score (nSPS) is 16.6.